The maximum atomic E-state index is 3.77. The Morgan fingerprint density at radius 1 is 0.552 bits per heavy atom. The van der Waals surface area contributed by atoms with Crippen molar-refractivity contribution >= 4 is 40.2 Å². The van der Waals surface area contributed by atoms with Gasteiger partial charge in [0.1, 0.15) is 0 Å². The first kappa shape index (κ1) is 16.8. The minimum atomic E-state index is 1.12. The fourth-order valence-electron chi connectivity index (χ4n) is 4.50. The molecule has 0 aliphatic heterocycles. The molecule has 1 heteroatoms. The van der Waals surface area contributed by atoms with Crippen molar-refractivity contribution in [2.45, 2.75) is 0 Å². The van der Waals surface area contributed by atoms with Gasteiger partial charge in [-0.05, 0) is 71.8 Å². The Morgan fingerprint density at radius 3 is 2.10 bits per heavy atom. The number of benzene rings is 4. The molecule has 0 heterocycles. The Morgan fingerprint density at radius 2 is 1.24 bits per heavy atom. The van der Waals surface area contributed by atoms with Gasteiger partial charge in [0.2, 0.25) is 0 Å². The highest BCUT2D eigenvalue weighted by atomic mass is 79.9. The number of hydrogen-bond acceptors (Lipinski definition) is 0. The molecule has 2 aliphatic carbocycles. The van der Waals surface area contributed by atoms with Crippen molar-refractivity contribution in [1.82, 2.24) is 0 Å². The lowest BCUT2D eigenvalue weighted by Gasteiger charge is -2.00. The molecule has 0 atom stereocenters. The molecular formula is C28H17Br. The van der Waals surface area contributed by atoms with Crippen LogP contribution >= 0.6 is 15.9 Å². The van der Waals surface area contributed by atoms with E-state index in [1.54, 1.807) is 0 Å². The van der Waals surface area contributed by atoms with E-state index in [4.69, 9.17) is 0 Å². The van der Waals surface area contributed by atoms with E-state index in [9.17, 15) is 0 Å². The molecule has 0 bridgehead atoms. The summed E-state index contributed by atoms with van der Waals surface area (Å²) in [5.74, 6) is 0. The van der Waals surface area contributed by atoms with Crippen molar-refractivity contribution in [2.75, 3.05) is 0 Å². The topological polar surface area (TPSA) is 0 Å². The predicted molar refractivity (Wildman–Crippen MR) is 124 cm³/mol. The molecule has 4 aromatic rings. The maximum absolute atomic E-state index is 3.77. The van der Waals surface area contributed by atoms with Crippen LogP contribution in [-0.4, -0.2) is 0 Å². The van der Waals surface area contributed by atoms with E-state index in [1.807, 2.05) is 6.07 Å². The lowest BCUT2D eigenvalue weighted by atomic mass is 10.0. The summed E-state index contributed by atoms with van der Waals surface area (Å²) in [5, 5.41) is 7.90. The van der Waals surface area contributed by atoms with Gasteiger partial charge in [-0.1, -0.05) is 101 Å². The lowest BCUT2D eigenvalue weighted by Crippen LogP contribution is -2.06. The van der Waals surface area contributed by atoms with Crippen LogP contribution < -0.4 is 10.4 Å². The van der Waals surface area contributed by atoms with E-state index in [-0.39, 0.29) is 0 Å². The second-order valence-electron chi connectivity index (χ2n) is 7.53. The quantitative estimate of drug-likeness (QED) is 0.318. The summed E-state index contributed by atoms with van der Waals surface area (Å²) in [6.07, 6.45) is 9.10. The molecule has 0 spiro atoms. The molecule has 0 fully saturated rings. The van der Waals surface area contributed by atoms with Crippen LogP contribution in [-0.2, 0) is 0 Å². The third kappa shape index (κ3) is 2.58. The molecule has 0 saturated carbocycles. The van der Waals surface area contributed by atoms with E-state index in [0.717, 1.165) is 4.47 Å². The summed E-state index contributed by atoms with van der Waals surface area (Å²) in [6.45, 7) is 0. The molecular weight excluding hydrogens is 416 g/mol. The molecule has 0 saturated heterocycles. The molecule has 0 N–H and O–H groups in total. The van der Waals surface area contributed by atoms with Crippen molar-refractivity contribution in [2.24, 2.45) is 0 Å². The monoisotopic (exact) mass is 432 g/mol. The summed E-state index contributed by atoms with van der Waals surface area (Å²) in [6, 6.07) is 28.1. The maximum Gasteiger partial charge on any atom is 0.0254 e. The first-order valence-electron chi connectivity index (χ1n) is 9.81. The van der Waals surface area contributed by atoms with E-state index in [1.165, 1.54) is 53.6 Å². The van der Waals surface area contributed by atoms with Crippen LogP contribution in [0.4, 0.5) is 0 Å². The van der Waals surface area contributed by atoms with E-state index >= 15 is 0 Å². The lowest BCUT2D eigenvalue weighted by molar-refractivity contribution is 1.42. The Kier molecular flexibility index (Phi) is 3.72. The van der Waals surface area contributed by atoms with Crippen LogP contribution in [0.5, 0.6) is 0 Å². The summed E-state index contributed by atoms with van der Waals surface area (Å²) in [5.41, 5.74) is 5.11. The zero-order chi connectivity index (χ0) is 19.4. The van der Waals surface area contributed by atoms with Crippen LogP contribution in [0.3, 0.4) is 0 Å². The highest BCUT2D eigenvalue weighted by Gasteiger charge is 2.13. The molecule has 29 heavy (non-hydrogen) atoms. The van der Waals surface area contributed by atoms with Gasteiger partial charge in [0.15, 0.2) is 0 Å². The number of hydrogen-bond donors (Lipinski definition) is 0. The summed E-state index contributed by atoms with van der Waals surface area (Å²) >= 11 is 3.77. The van der Waals surface area contributed by atoms with Gasteiger partial charge < -0.3 is 0 Å². The Hall–Kier alpha value is -3.16. The molecule has 6 rings (SSSR count). The molecule has 2 aliphatic rings. The molecule has 136 valence electrons. The minimum absolute atomic E-state index is 1.12. The summed E-state index contributed by atoms with van der Waals surface area (Å²) in [7, 11) is 0. The van der Waals surface area contributed by atoms with Crippen LogP contribution in [0.2, 0.25) is 0 Å². The molecule has 0 radical (unpaired) electrons. The molecule has 0 unspecified atom stereocenters. The third-order valence-corrected chi connectivity index (χ3v) is 6.58. The van der Waals surface area contributed by atoms with Crippen molar-refractivity contribution in [3.05, 3.63) is 137 Å². The normalized spacial score (nSPS) is 12.7. The van der Waals surface area contributed by atoms with Gasteiger partial charge in [-0.25, -0.2) is 0 Å². The standard InChI is InChI=1S/C28H17Br/c29-28-15-14-23-22-13-12-21-20-9-5-4-8-19(20)16-25(21)27(22)17-26(23)24(28)11-10-18-6-2-1-3-7-18/h1-17H. The van der Waals surface area contributed by atoms with Gasteiger partial charge in [0, 0.05) is 4.47 Å². The van der Waals surface area contributed by atoms with Crippen molar-refractivity contribution in [1.29, 1.82) is 0 Å². The van der Waals surface area contributed by atoms with Crippen molar-refractivity contribution < 1.29 is 0 Å². The zero-order valence-corrected chi connectivity index (χ0v) is 17.3. The number of fused-ring (bicyclic) bond motifs is 5. The van der Waals surface area contributed by atoms with Gasteiger partial charge in [-0.2, -0.15) is 0 Å². The largest absolute Gasteiger partial charge is 0.0622 e. The zero-order valence-electron chi connectivity index (χ0n) is 15.7. The molecule has 4 aromatic carbocycles. The molecule has 0 aromatic heterocycles. The second-order valence-corrected chi connectivity index (χ2v) is 8.38. The van der Waals surface area contributed by atoms with Gasteiger partial charge in [-0.3, -0.25) is 0 Å². The van der Waals surface area contributed by atoms with Crippen LogP contribution in [0, 0.1) is 20.9 Å². The summed E-state index contributed by atoms with van der Waals surface area (Å²) in [4.78, 5) is 0. The van der Waals surface area contributed by atoms with Crippen LogP contribution in [0.25, 0.3) is 24.3 Å². The second kappa shape index (κ2) is 6.43. The van der Waals surface area contributed by atoms with Crippen LogP contribution in [0.15, 0.2) is 83.3 Å². The third-order valence-electron chi connectivity index (χ3n) is 5.89. The van der Waals surface area contributed by atoms with Gasteiger partial charge >= 0.3 is 0 Å². The molecule has 0 amide bonds. The smallest absolute Gasteiger partial charge is 0.0254 e. The summed E-state index contributed by atoms with van der Waals surface area (Å²) < 4.78 is 1.12. The Bertz CT molecular complexity index is 1640. The van der Waals surface area contributed by atoms with Gasteiger partial charge in [0.25, 0.3) is 0 Å². The minimum Gasteiger partial charge on any atom is -0.0622 e. The highest BCUT2D eigenvalue weighted by Crippen LogP contribution is 2.24. The van der Waals surface area contributed by atoms with E-state index in [2.05, 4.69) is 113 Å². The fourth-order valence-corrected chi connectivity index (χ4v) is 4.98. The first-order valence-corrected chi connectivity index (χ1v) is 10.6. The van der Waals surface area contributed by atoms with E-state index < -0.39 is 0 Å². The Labute approximate surface area is 176 Å². The molecule has 0 nitrogen and oxygen atoms in total. The SMILES string of the molecule is Brc1ccc2c(c1C=Cc1ccccc1)=Cc1c3c(ccc1=2)=c1ccccc1=C3. The van der Waals surface area contributed by atoms with Crippen LogP contribution in [0.1, 0.15) is 22.3 Å². The average molecular weight is 433 g/mol. The van der Waals surface area contributed by atoms with Crippen molar-refractivity contribution in [3.63, 3.8) is 0 Å². The highest BCUT2D eigenvalue weighted by molar-refractivity contribution is 9.10. The Balaban J connectivity index is 1.64. The van der Waals surface area contributed by atoms with Gasteiger partial charge in [0.05, 0.1) is 0 Å². The first-order chi connectivity index (χ1) is 14.3. The average Bonchev–Trinajstić information content (AvgIpc) is 3.32. The van der Waals surface area contributed by atoms with E-state index in [0.29, 0.717) is 0 Å². The van der Waals surface area contributed by atoms with Gasteiger partial charge in [-0.15, -0.1) is 0 Å². The van der Waals surface area contributed by atoms with Crippen molar-refractivity contribution in [3.8, 4) is 0 Å². The number of halogens is 1. The fraction of sp³-hybridized carbons (Fsp3) is 0. The predicted octanol–water partition coefficient (Wildman–Crippen LogP) is 5.48. The number of rotatable bonds is 2.